The van der Waals surface area contributed by atoms with E-state index < -0.39 is 0 Å². The molecule has 2 heterocycles. The lowest BCUT2D eigenvalue weighted by Crippen LogP contribution is -2.19. The van der Waals surface area contributed by atoms with Crippen LogP contribution in [0.1, 0.15) is 32.4 Å². The van der Waals surface area contributed by atoms with Gasteiger partial charge >= 0.3 is 0 Å². The molecule has 0 bridgehead atoms. The fourth-order valence-corrected chi connectivity index (χ4v) is 1.55. The fraction of sp³-hybridized carbons (Fsp3) is 0.692. The van der Waals surface area contributed by atoms with E-state index in [9.17, 15) is 0 Å². The summed E-state index contributed by atoms with van der Waals surface area (Å²) >= 11 is 0. The van der Waals surface area contributed by atoms with Crippen molar-refractivity contribution in [1.29, 1.82) is 0 Å². The average Bonchev–Trinajstić information content (AvgIpc) is 2.86. The van der Waals surface area contributed by atoms with Gasteiger partial charge in [-0.25, -0.2) is 4.98 Å². The summed E-state index contributed by atoms with van der Waals surface area (Å²) in [5, 5.41) is 2.75. The first kappa shape index (κ1) is 15.8. The highest BCUT2D eigenvalue weighted by molar-refractivity contribution is 5.36. The van der Waals surface area contributed by atoms with Gasteiger partial charge in [0.2, 0.25) is 0 Å². The Bertz CT molecular complexity index is 283. The van der Waals surface area contributed by atoms with Gasteiger partial charge in [0.1, 0.15) is 5.82 Å². The van der Waals surface area contributed by atoms with E-state index >= 15 is 0 Å². The molecule has 1 aliphatic rings. The third kappa shape index (κ3) is 6.22. The first-order valence-corrected chi connectivity index (χ1v) is 6.40. The van der Waals surface area contributed by atoms with Crippen molar-refractivity contribution in [2.24, 2.45) is 0 Å². The summed E-state index contributed by atoms with van der Waals surface area (Å²) in [6.07, 6.45) is 6.21. The molecule has 2 rings (SSSR count). The van der Waals surface area contributed by atoms with E-state index in [4.69, 9.17) is 0 Å². The van der Waals surface area contributed by atoms with Crippen LogP contribution in [-0.4, -0.2) is 37.2 Å². The molecule has 0 atom stereocenters. The van der Waals surface area contributed by atoms with Crippen LogP contribution >= 0.6 is 0 Å². The maximum absolute atomic E-state index is 4.42. The van der Waals surface area contributed by atoms with Crippen molar-refractivity contribution in [3.05, 3.63) is 18.1 Å². The zero-order chi connectivity index (χ0) is 13.1. The van der Waals surface area contributed by atoms with Gasteiger partial charge in [-0.05, 0) is 33.9 Å². The Morgan fingerprint density at radius 1 is 1.12 bits per heavy atom. The third-order valence-corrected chi connectivity index (χ3v) is 2.17. The van der Waals surface area contributed by atoms with E-state index in [0.29, 0.717) is 0 Å². The van der Waals surface area contributed by atoms with Gasteiger partial charge in [-0.1, -0.05) is 13.8 Å². The molecule has 1 saturated heterocycles. The number of rotatable bonds is 1. The molecule has 98 valence electrons. The van der Waals surface area contributed by atoms with Gasteiger partial charge in [-0.15, -0.1) is 0 Å². The molecule has 4 heteroatoms. The minimum atomic E-state index is 0.999. The van der Waals surface area contributed by atoms with E-state index in [1.54, 1.807) is 6.20 Å². The molecule has 1 N–H and O–H groups in total. The quantitative estimate of drug-likeness (QED) is 0.814. The highest BCUT2D eigenvalue weighted by Gasteiger charge is 2.13. The molecule has 0 unspecified atom stereocenters. The van der Waals surface area contributed by atoms with Crippen LogP contribution in [0.5, 0.6) is 0 Å². The van der Waals surface area contributed by atoms with Crippen LogP contribution in [0.3, 0.4) is 0 Å². The second kappa shape index (κ2) is 10.0. The van der Waals surface area contributed by atoms with Gasteiger partial charge in [0.05, 0.1) is 11.9 Å². The summed E-state index contributed by atoms with van der Waals surface area (Å²) in [5.41, 5.74) is 0.999. The molecule has 17 heavy (non-hydrogen) atoms. The summed E-state index contributed by atoms with van der Waals surface area (Å²) in [7, 11) is 3.75. The summed E-state index contributed by atoms with van der Waals surface area (Å²) in [6.45, 7) is 8.25. The van der Waals surface area contributed by atoms with Crippen LogP contribution in [0.25, 0.3) is 0 Å². The molecular weight excluding hydrogens is 212 g/mol. The van der Waals surface area contributed by atoms with Crippen molar-refractivity contribution in [2.75, 3.05) is 32.1 Å². The molecule has 0 amide bonds. The normalized spacial score (nSPS) is 13.4. The Kier molecular flexibility index (Phi) is 9.34. The number of hydrogen-bond donors (Lipinski definition) is 1. The van der Waals surface area contributed by atoms with Crippen LogP contribution in [0.2, 0.25) is 0 Å². The molecule has 0 aromatic carbocycles. The molecule has 0 spiro atoms. The van der Waals surface area contributed by atoms with Crippen LogP contribution < -0.4 is 10.2 Å². The van der Waals surface area contributed by atoms with Gasteiger partial charge < -0.3 is 10.2 Å². The van der Waals surface area contributed by atoms with Crippen LogP contribution in [-0.2, 0) is 0 Å². The van der Waals surface area contributed by atoms with Crippen LogP contribution in [0.15, 0.2) is 12.4 Å². The molecule has 0 aliphatic carbocycles. The van der Waals surface area contributed by atoms with Crippen molar-refractivity contribution in [3.8, 4) is 0 Å². The van der Waals surface area contributed by atoms with Gasteiger partial charge in [0, 0.05) is 19.3 Å². The Balaban J connectivity index is 0.000000450. The molecule has 1 aromatic rings. The van der Waals surface area contributed by atoms with Crippen LogP contribution in [0.4, 0.5) is 5.82 Å². The monoisotopic (exact) mass is 238 g/mol. The van der Waals surface area contributed by atoms with E-state index in [1.807, 2.05) is 41.1 Å². The fourth-order valence-electron chi connectivity index (χ4n) is 1.55. The number of aromatic nitrogens is 2. The van der Waals surface area contributed by atoms with E-state index in [2.05, 4.69) is 20.2 Å². The smallest absolute Gasteiger partial charge is 0.147 e. The predicted octanol–water partition coefficient (Wildman–Crippen LogP) is 2.25. The zero-order valence-corrected chi connectivity index (χ0v) is 11.8. The van der Waals surface area contributed by atoms with Gasteiger partial charge in [0.25, 0.3) is 0 Å². The molecule has 0 saturated carbocycles. The minimum Gasteiger partial charge on any atom is -0.355 e. The van der Waals surface area contributed by atoms with Gasteiger partial charge in [-0.2, -0.15) is 0 Å². The Labute approximate surface area is 105 Å². The summed E-state index contributed by atoms with van der Waals surface area (Å²) in [6, 6.07) is 0. The standard InChI is InChI=1S/C9H13N3.C2H7N.C2H6/c1-8-6-10-7-9(11-8)12-4-2-3-5-12;1-3-2;1-2/h6-7H,2-5H2,1H3;3H,1-2H3;1-2H3. The first-order chi connectivity index (χ1) is 8.27. The average molecular weight is 238 g/mol. The van der Waals surface area contributed by atoms with E-state index in [-0.39, 0.29) is 0 Å². The highest BCUT2D eigenvalue weighted by atomic mass is 15.2. The lowest BCUT2D eigenvalue weighted by Gasteiger charge is -2.15. The van der Waals surface area contributed by atoms with E-state index in [0.717, 1.165) is 24.6 Å². The Morgan fingerprint density at radius 3 is 2.12 bits per heavy atom. The molecule has 0 radical (unpaired) electrons. The maximum Gasteiger partial charge on any atom is 0.147 e. The molecule has 1 fully saturated rings. The van der Waals surface area contributed by atoms with Gasteiger partial charge in [-0.3, -0.25) is 4.98 Å². The largest absolute Gasteiger partial charge is 0.355 e. The van der Waals surface area contributed by atoms with Crippen molar-refractivity contribution in [2.45, 2.75) is 33.6 Å². The molecular formula is C13H26N4. The number of hydrogen-bond acceptors (Lipinski definition) is 4. The molecule has 4 nitrogen and oxygen atoms in total. The summed E-state index contributed by atoms with van der Waals surface area (Å²) < 4.78 is 0. The number of anilines is 1. The molecule has 1 aliphatic heterocycles. The van der Waals surface area contributed by atoms with Crippen molar-refractivity contribution in [3.63, 3.8) is 0 Å². The minimum absolute atomic E-state index is 0.999. The Morgan fingerprint density at radius 2 is 1.65 bits per heavy atom. The van der Waals surface area contributed by atoms with Gasteiger partial charge in [0.15, 0.2) is 0 Å². The number of aryl methyl sites for hydroxylation is 1. The Hall–Kier alpha value is -1.16. The maximum atomic E-state index is 4.42. The topological polar surface area (TPSA) is 41.1 Å². The lowest BCUT2D eigenvalue weighted by molar-refractivity contribution is 0.916. The van der Waals surface area contributed by atoms with E-state index in [1.165, 1.54) is 12.8 Å². The SMILES string of the molecule is CC.CNC.Cc1cncc(N2CCCC2)n1. The number of nitrogens with one attached hydrogen (secondary N) is 1. The first-order valence-electron chi connectivity index (χ1n) is 6.40. The summed E-state index contributed by atoms with van der Waals surface area (Å²) in [4.78, 5) is 10.8. The van der Waals surface area contributed by atoms with Crippen molar-refractivity contribution >= 4 is 5.82 Å². The van der Waals surface area contributed by atoms with Crippen molar-refractivity contribution < 1.29 is 0 Å². The second-order valence-corrected chi connectivity index (χ2v) is 3.71. The predicted molar refractivity (Wildman–Crippen MR) is 74.5 cm³/mol. The third-order valence-electron chi connectivity index (χ3n) is 2.17. The highest BCUT2D eigenvalue weighted by Crippen LogP contribution is 2.16. The lowest BCUT2D eigenvalue weighted by atomic mass is 10.4. The van der Waals surface area contributed by atoms with Crippen molar-refractivity contribution in [1.82, 2.24) is 15.3 Å². The second-order valence-electron chi connectivity index (χ2n) is 3.71. The number of nitrogens with zero attached hydrogens (tertiary/aromatic N) is 3. The van der Waals surface area contributed by atoms with Crippen LogP contribution in [0, 0.1) is 6.92 Å². The molecule has 1 aromatic heterocycles. The zero-order valence-electron chi connectivity index (χ0n) is 11.8. The summed E-state index contributed by atoms with van der Waals surface area (Å²) in [5.74, 6) is 1.03.